The number of hydrogen-bond acceptors (Lipinski definition) is 3. The molecule has 0 atom stereocenters. The highest BCUT2D eigenvalue weighted by atomic mass is 19.1. The highest BCUT2D eigenvalue weighted by Gasteiger charge is 2.30. The molecule has 1 aromatic carbocycles. The molecule has 0 amide bonds. The van der Waals surface area contributed by atoms with Crippen molar-refractivity contribution in [2.24, 2.45) is 0 Å². The molecular formula is C13H11FN4. The zero-order valence-electron chi connectivity index (χ0n) is 9.62. The van der Waals surface area contributed by atoms with Crippen LogP contribution in [0.1, 0.15) is 11.6 Å². The molecule has 2 aromatic rings. The first-order chi connectivity index (χ1) is 8.79. The summed E-state index contributed by atoms with van der Waals surface area (Å²) in [5.41, 5.74) is 0.789. The van der Waals surface area contributed by atoms with E-state index in [9.17, 15) is 4.39 Å². The van der Waals surface area contributed by atoms with Gasteiger partial charge < -0.3 is 4.90 Å². The second-order valence-corrected chi connectivity index (χ2v) is 4.29. The molecule has 0 spiro atoms. The van der Waals surface area contributed by atoms with Gasteiger partial charge in [-0.3, -0.25) is 4.68 Å². The quantitative estimate of drug-likeness (QED) is 0.808. The molecule has 3 rings (SSSR count). The standard InChI is InChI=1S/C13H11FN4/c14-12-3-1-4-13(11(12)7-15)17-8-10(9-17)18-6-2-5-16-18/h1-6,10H,8-9H2. The van der Waals surface area contributed by atoms with Crippen LogP contribution in [-0.4, -0.2) is 22.9 Å². The van der Waals surface area contributed by atoms with Crippen LogP contribution in [0.3, 0.4) is 0 Å². The van der Waals surface area contributed by atoms with Gasteiger partial charge in [-0.25, -0.2) is 4.39 Å². The van der Waals surface area contributed by atoms with Crippen LogP contribution in [0.25, 0.3) is 0 Å². The lowest BCUT2D eigenvalue weighted by Gasteiger charge is -2.41. The highest BCUT2D eigenvalue weighted by Crippen LogP contribution is 2.30. The van der Waals surface area contributed by atoms with Gasteiger partial charge in [0.25, 0.3) is 0 Å². The summed E-state index contributed by atoms with van der Waals surface area (Å²) in [6.07, 6.45) is 3.66. The van der Waals surface area contributed by atoms with E-state index in [2.05, 4.69) is 5.10 Å². The van der Waals surface area contributed by atoms with Crippen molar-refractivity contribution in [3.63, 3.8) is 0 Å². The molecule has 90 valence electrons. The van der Waals surface area contributed by atoms with E-state index in [0.29, 0.717) is 11.7 Å². The summed E-state index contributed by atoms with van der Waals surface area (Å²) in [5, 5.41) is 13.2. The minimum absolute atomic E-state index is 0.122. The van der Waals surface area contributed by atoms with Crippen molar-refractivity contribution in [1.29, 1.82) is 5.26 Å². The maximum absolute atomic E-state index is 13.5. The molecule has 5 heteroatoms. The minimum atomic E-state index is -0.461. The van der Waals surface area contributed by atoms with Gasteiger partial charge in [0.2, 0.25) is 0 Å². The number of benzene rings is 1. The predicted octanol–water partition coefficient (Wildman–Crippen LogP) is 1.96. The average Bonchev–Trinajstić information content (AvgIpc) is 2.81. The molecule has 0 unspecified atom stereocenters. The SMILES string of the molecule is N#Cc1c(F)cccc1N1CC(n2cccn2)C1. The maximum Gasteiger partial charge on any atom is 0.143 e. The molecular weight excluding hydrogens is 231 g/mol. The molecule has 2 heterocycles. The Kier molecular flexibility index (Phi) is 2.49. The van der Waals surface area contributed by atoms with Crippen LogP contribution < -0.4 is 4.90 Å². The Morgan fingerprint density at radius 3 is 2.83 bits per heavy atom. The van der Waals surface area contributed by atoms with Crippen molar-refractivity contribution in [2.75, 3.05) is 18.0 Å². The van der Waals surface area contributed by atoms with Gasteiger partial charge in [-0.1, -0.05) is 6.07 Å². The van der Waals surface area contributed by atoms with Crippen LogP contribution in [0.2, 0.25) is 0 Å². The van der Waals surface area contributed by atoms with Crippen LogP contribution in [0, 0.1) is 17.1 Å². The Labute approximate surface area is 104 Å². The van der Waals surface area contributed by atoms with Gasteiger partial charge >= 0.3 is 0 Å². The number of anilines is 1. The third kappa shape index (κ3) is 1.63. The van der Waals surface area contributed by atoms with E-state index in [4.69, 9.17) is 5.26 Å². The summed E-state index contributed by atoms with van der Waals surface area (Å²) < 4.78 is 15.4. The predicted molar refractivity (Wildman–Crippen MR) is 64.6 cm³/mol. The van der Waals surface area contributed by atoms with E-state index in [1.165, 1.54) is 6.07 Å². The fraction of sp³-hybridized carbons (Fsp3) is 0.231. The van der Waals surface area contributed by atoms with E-state index in [0.717, 1.165) is 13.1 Å². The zero-order chi connectivity index (χ0) is 12.5. The van der Waals surface area contributed by atoms with Crippen LogP contribution in [-0.2, 0) is 0 Å². The van der Waals surface area contributed by atoms with Crippen LogP contribution in [0.15, 0.2) is 36.7 Å². The largest absolute Gasteiger partial charge is 0.366 e. The maximum atomic E-state index is 13.5. The van der Waals surface area contributed by atoms with Crippen molar-refractivity contribution in [1.82, 2.24) is 9.78 Å². The van der Waals surface area contributed by atoms with Crippen molar-refractivity contribution in [3.8, 4) is 6.07 Å². The van der Waals surface area contributed by atoms with Crippen LogP contribution in [0.5, 0.6) is 0 Å². The summed E-state index contributed by atoms with van der Waals surface area (Å²) in [6, 6.07) is 8.83. The van der Waals surface area contributed by atoms with Gasteiger partial charge in [0.1, 0.15) is 17.4 Å². The summed E-state index contributed by atoms with van der Waals surface area (Å²) in [7, 11) is 0. The number of hydrogen-bond donors (Lipinski definition) is 0. The second-order valence-electron chi connectivity index (χ2n) is 4.29. The molecule has 1 fully saturated rings. The van der Waals surface area contributed by atoms with E-state index >= 15 is 0 Å². The van der Waals surface area contributed by atoms with Crippen molar-refractivity contribution in [3.05, 3.63) is 48.0 Å². The van der Waals surface area contributed by atoms with Gasteiger partial charge in [0, 0.05) is 25.5 Å². The fourth-order valence-corrected chi connectivity index (χ4v) is 2.20. The highest BCUT2D eigenvalue weighted by molar-refractivity contribution is 5.61. The number of rotatable bonds is 2. The molecule has 1 aromatic heterocycles. The van der Waals surface area contributed by atoms with Crippen molar-refractivity contribution >= 4 is 5.69 Å². The first-order valence-corrected chi connectivity index (χ1v) is 5.72. The lowest BCUT2D eigenvalue weighted by atomic mass is 10.0. The van der Waals surface area contributed by atoms with Crippen molar-refractivity contribution in [2.45, 2.75) is 6.04 Å². The third-order valence-corrected chi connectivity index (χ3v) is 3.21. The van der Waals surface area contributed by atoms with Crippen LogP contribution in [0.4, 0.5) is 10.1 Å². The molecule has 0 bridgehead atoms. The summed E-state index contributed by atoms with van der Waals surface area (Å²) in [4.78, 5) is 1.99. The lowest BCUT2D eigenvalue weighted by Crippen LogP contribution is -2.48. The molecule has 4 nitrogen and oxygen atoms in total. The van der Waals surface area contributed by atoms with Gasteiger partial charge in [-0.2, -0.15) is 10.4 Å². The average molecular weight is 242 g/mol. The van der Waals surface area contributed by atoms with Gasteiger partial charge in [-0.15, -0.1) is 0 Å². The minimum Gasteiger partial charge on any atom is -0.366 e. The molecule has 0 aliphatic carbocycles. The summed E-state index contributed by atoms with van der Waals surface area (Å²) in [5.74, 6) is -0.461. The van der Waals surface area contributed by atoms with E-state index in [1.807, 2.05) is 27.9 Å². The van der Waals surface area contributed by atoms with Gasteiger partial charge in [0.15, 0.2) is 0 Å². The lowest BCUT2D eigenvalue weighted by molar-refractivity contribution is 0.367. The Morgan fingerprint density at radius 2 is 2.17 bits per heavy atom. The molecule has 1 aliphatic heterocycles. The number of nitriles is 1. The molecule has 18 heavy (non-hydrogen) atoms. The molecule has 0 saturated carbocycles. The molecule has 1 saturated heterocycles. The van der Waals surface area contributed by atoms with Gasteiger partial charge in [0.05, 0.1) is 11.7 Å². The fourth-order valence-electron chi connectivity index (χ4n) is 2.20. The summed E-state index contributed by atoms with van der Waals surface area (Å²) >= 11 is 0. The van der Waals surface area contributed by atoms with Gasteiger partial charge in [-0.05, 0) is 18.2 Å². The molecule has 0 radical (unpaired) electrons. The number of nitrogens with zero attached hydrogens (tertiary/aromatic N) is 4. The second kappa shape index (κ2) is 4.15. The smallest absolute Gasteiger partial charge is 0.143 e. The first-order valence-electron chi connectivity index (χ1n) is 5.72. The zero-order valence-corrected chi connectivity index (χ0v) is 9.62. The summed E-state index contributed by atoms with van der Waals surface area (Å²) in [6.45, 7) is 1.50. The van der Waals surface area contributed by atoms with E-state index in [1.54, 1.807) is 18.3 Å². The van der Waals surface area contributed by atoms with E-state index in [-0.39, 0.29) is 5.56 Å². The normalized spacial score (nSPS) is 15.2. The monoisotopic (exact) mass is 242 g/mol. The Hall–Kier alpha value is -2.35. The molecule has 1 aliphatic rings. The topological polar surface area (TPSA) is 44.9 Å². The van der Waals surface area contributed by atoms with E-state index < -0.39 is 5.82 Å². The number of aromatic nitrogens is 2. The molecule has 0 N–H and O–H groups in total. The number of halogens is 1. The van der Waals surface area contributed by atoms with Crippen LogP contribution >= 0.6 is 0 Å². The first kappa shape index (κ1) is 10.8. The van der Waals surface area contributed by atoms with Crippen molar-refractivity contribution < 1.29 is 4.39 Å². The Bertz CT molecular complexity index is 594. The third-order valence-electron chi connectivity index (χ3n) is 3.21. The Morgan fingerprint density at radius 1 is 1.33 bits per heavy atom. The Balaban J connectivity index is 1.80.